The van der Waals surface area contributed by atoms with Crippen molar-refractivity contribution in [1.82, 2.24) is 9.97 Å². The zero-order valence-electron chi connectivity index (χ0n) is 9.70. The van der Waals surface area contributed by atoms with Crippen LogP contribution in [0.4, 0.5) is 16.2 Å². The molecule has 0 radical (unpaired) electrons. The average Bonchev–Trinajstić information content (AvgIpc) is 2.77. The summed E-state index contributed by atoms with van der Waals surface area (Å²) >= 11 is 0. The monoisotopic (exact) mass is 224 g/mol. The quantitative estimate of drug-likeness (QED) is 0.853. The van der Waals surface area contributed by atoms with Crippen LogP contribution in [-0.2, 0) is 0 Å². The van der Waals surface area contributed by atoms with Gasteiger partial charge in [-0.15, -0.1) is 0 Å². The van der Waals surface area contributed by atoms with Crippen molar-refractivity contribution in [1.29, 1.82) is 0 Å². The van der Waals surface area contributed by atoms with Crippen molar-refractivity contribution in [2.45, 2.75) is 32.2 Å². The van der Waals surface area contributed by atoms with E-state index in [1.54, 1.807) is 7.05 Å². The molecule has 5 heteroatoms. The third-order valence-corrected chi connectivity index (χ3v) is 3.07. The Labute approximate surface area is 94.9 Å². The Hall–Kier alpha value is -1.39. The lowest BCUT2D eigenvalue weighted by molar-refractivity contribution is 0.583. The average molecular weight is 224 g/mol. The fourth-order valence-electron chi connectivity index (χ4n) is 2.22. The summed E-state index contributed by atoms with van der Waals surface area (Å²) in [6, 6.07) is 0.411. The number of rotatable bonds is 3. The van der Waals surface area contributed by atoms with Crippen molar-refractivity contribution in [3.8, 4) is 0 Å². The van der Waals surface area contributed by atoms with E-state index in [1.165, 1.54) is 6.20 Å². The van der Waals surface area contributed by atoms with E-state index >= 15 is 0 Å². The van der Waals surface area contributed by atoms with Gasteiger partial charge in [0.1, 0.15) is 0 Å². The van der Waals surface area contributed by atoms with Gasteiger partial charge in [-0.05, 0) is 19.3 Å². The normalized spacial score (nSPS) is 20.2. The van der Waals surface area contributed by atoms with Crippen LogP contribution in [0.1, 0.15) is 26.2 Å². The van der Waals surface area contributed by atoms with Crippen LogP contribution >= 0.6 is 0 Å². The van der Waals surface area contributed by atoms with Gasteiger partial charge in [-0.3, -0.25) is 0 Å². The Bertz CT molecular complexity index is 369. The molecule has 1 N–H and O–H groups in total. The predicted molar refractivity (Wildman–Crippen MR) is 62.2 cm³/mol. The first-order valence-electron chi connectivity index (χ1n) is 5.73. The minimum absolute atomic E-state index is 0.334. The molecule has 2 rings (SSSR count). The molecule has 16 heavy (non-hydrogen) atoms. The van der Waals surface area contributed by atoms with E-state index in [4.69, 9.17) is 0 Å². The Kier molecular flexibility index (Phi) is 3.22. The lowest BCUT2D eigenvalue weighted by Gasteiger charge is -2.25. The largest absolute Gasteiger partial charge is 0.357 e. The van der Waals surface area contributed by atoms with Crippen LogP contribution < -0.4 is 10.2 Å². The molecule has 1 atom stereocenters. The summed E-state index contributed by atoms with van der Waals surface area (Å²) in [5.41, 5.74) is 0. The van der Waals surface area contributed by atoms with Gasteiger partial charge in [0.25, 0.3) is 0 Å². The lowest BCUT2D eigenvalue weighted by Crippen LogP contribution is -2.30. The Morgan fingerprint density at radius 3 is 3.12 bits per heavy atom. The molecule has 4 nitrogen and oxygen atoms in total. The number of hydrogen-bond donors (Lipinski definition) is 1. The predicted octanol–water partition coefficient (Wildman–Crippen LogP) is 2.04. The third kappa shape index (κ3) is 1.94. The van der Waals surface area contributed by atoms with Crippen molar-refractivity contribution < 1.29 is 4.39 Å². The first kappa shape index (κ1) is 11.1. The first-order valence-corrected chi connectivity index (χ1v) is 5.73. The standard InChI is InChI=1S/C11H17FN4/c1-3-8-5-4-6-16(8)10-9(12)7-14-11(13-2)15-10/h7-8H,3-6H2,1-2H3,(H,13,14,15). The van der Waals surface area contributed by atoms with Crippen molar-refractivity contribution in [3.05, 3.63) is 12.0 Å². The van der Waals surface area contributed by atoms with E-state index < -0.39 is 0 Å². The lowest BCUT2D eigenvalue weighted by atomic mass is 10.2. The molecule has 0 saturated carbocycles. The van der Waals surface area contributed by atoms with Gasteiger partial charge in [-0.1, -0.05) is 6.92 Å². The van der Waals surface area contributed by atoms with E-state index in [1.807, 2.05) is 0 Å². The minimum Gasteiger partial charge on any atom is -0.357 e. The molecule has 2 heterocycles. The molecule has 0 amide bonds. The molecule has 1 aromatic rings. The molecule has 88 valence electrons. The molecule has 1 aliphatic heterocycles. The number of aromatic nitrogens is 2. The summed E-state index contributed by atoms with van der Waals surface area (Å²) in [5, 5.41) is 2.84. The topological polar surface area (TPSA) is 41.1 Å². The Morgan fingerprint density at radius 1 is 1.62 bits per heavy atom. The fraction of sp³-hybridized carbons (Fsp3) is 0.636. The van der Waals surface area contributed by atoms with Gasteiger partial charge < -0.3 is 10.2 Å². The summed E-state index contributed by atoms with van der Waals surface area (Å²) in [7, 11) is 1.73. The summed E-state index contributed by atoms with van der Waals surface area (Å²) < 4.78 is 13.7. The molecule has 1 unspecified atom stereocenters. The highest BCUT2D eigenvalue weighted by Gasteiger charge is 2.26. The highest BCUT2D eigenvalue weighted by molar-refractivity contribution is 5.45. The second kappa shape index (κ2) is 4.63. The van der Waals surface area contributed by atoms with Crippen LogP contribution in [0.25, 0.3) is 0 Å². The van der Waals surface area contributed by atoms with Gasteiger partial charge in [-0.2, -0.15) is 4.98 Å². The van der Waals surface area contributed by atoms with Crippen LogP contribution in [0.2, 0.25) is 0 Å². The molecule has 0 aliphatic carbocycles. The van der Waals surface area contributed by atoms with Crippen LogP contribution in [0.5, 0.6) is 0 Å². The number of nitrogens with zero attached hydrogens (tertiary/aromatic N) is 3. The second-order valence-corrected chi connectivity index (χ2v) is 4.01. The van der Waals surface area contributed by atoms with E-state index in [0.717, 1.165) is 25.8 Å². The van der Waals surface area contributed by atoms with E-state index in [9.17, 15) is 4.39 Å². The summed E-state index contributed by atoms with van der Waals surface area (Å²) in [5.74, 6) is 0.571. The van der Waals surface area contributed by atoms with Gasteiger partial charge in [0, 0.05) is 19.6 Å². The van der Waals surface area contributed by atoms with Gasteiger partial charge >= 0.3 is 0 Å². The molecule has 1 fully saturated rings. The van der Waals surface area contributed by atoms with Crippen molar-refractivity contribution in [2.75, 3.05) is 23.8 Å². The molecule has 1 saturated heterocycles. The molecule has 0 spiro atoms. The molecule has 0 bridgehead atoms. The van der Waals surface area contributed by atoms with Crippen LogP contribution in [0.3, 0.4) is 0 Å². The summed E-state index contributed by atoms with van der Waals surface area (Å²) in [6.07, 6.45) is 4.49. The van der Waals surface area contributed by atoms with E-state index in [0.29, 0.717) is 17.8 Å². The van der Waals surface area contributed by atoms with Gasteiger partial charge in [0.15, 0.2) is 11.6 Å². The van der Waals surface area contributed by atoms with Crippen molar-refractivity contribution >= 4 is 11.8 Å². The molecular formula is C11H17FN4. The molecule has 1 aromatic heterocycles. The summed E-state index contributed by atoms with van der Waals surface area (Å²) in [6.45, 7) is 3.01. The first-order chi connectivity index (χ1) is 7.76. The maximum absolute atomic E-state index is 13.7. The zero-order valence-corrected chi connectivity index (χ0v) is 9.70. The van der Waals surface area contributed by atoms with Gasteiger partial charge in [0.05, 0.1) is 6.20 Å². The van der Waals surface area contributed by atoms with Gasteiger partial charge in [0.2, 0.25) is 5.95 Å². The van der Waals surface area contributed by atoms with Crippen LogP contribution in [0, 0.1) is 5.82 Å². The van der Waals surface area contributed by atoms with Crippen LogP contribution in [-0.4, -0.2) is 29.6 Å². The minimum atomic E-state index is -0.334. The highest BCUT2D eigenvalue weighted by Crippen LogP contribution is 2.27. The smallest absolute Gasteiger partial charge is 0.224 e. The number of anilines is 2. The number of halogens is 1. The molecule has 0 aromatic carbocycles. The highest BCUT2D eigenvalue weighted by atomic mass is 19.1. The number of hydrogen-bond acceptors (Lipinski definition) is 4. The third-order valence-electron chi connectivity index (χ3n) is 3.07. The van der Waals surface area contributed by atoms with Crippen molar-refractivity contribution in [3.63, 3.8) is 0 Å². The Morgan fingerprint density at radius 2 is 2.44 bits per heavy atom. The Balaban J connectivity index is 2.31. The summed E-state index contributed by atoms with van der Waals surface area (Å²) in [4.78, 5) is 10.1. The van der Waals surface area contributed by atoms with E-state index in [2.05, 4.69) is 27.1 Å². The second-order valence-electron chi connectivity index (χ2n) is 4.01. The van der Waals surface area contributed by atoms with E-state index in [-0.39, 0.29) is 5.82 Å². The molecular weight excluding hydrogens is 207 g/mol. The SMILES string of the molecule is CCC1CCCN1c1nc(NC)ncc1F. The maximum atomic E-state index is 13.7. The van der Waals surface area contributed by atoms with Crippen LogP contribution in [0.15, 0.2) is 6.20 Å². The number of nitrogens with one attached hydrogen (secondary N) is 1. The van der Waals surface area contributed by atoms with Crippen molar-refractivity contribution in [2.24, 2.45) is 0 Å². The maximum Gasteiger partial charge on any atom is 0.224 e. The zero-order chi connectivity index (χ0) is 11.5. The fourth-order valence-corrected chi connectivity index (χ4v) is 2.22. The van der Waals surface area contributed by atoms with Gasteiger partial charge in [-0.25, -0.2) is 9.37 Å². The molecule has 1 aliphatic rings.